The molecule has 132 valence electrons. The molecule has 0 unspecified atom stereocenters. The maximum atomic E-state index is 13.6. The number of rotatable bonds is 8. The molecule has 0 fully saturated rings. The van der Waals surface area contributed by atoms with Gasteiger partial charge in [0.05, 0.1) is 19.5 Å². The zero-order valence-electron chi connectivity index (χ0n) is 14.5. The second-order valence-corrected chi connectivity index (χ2v) is 5.71. The largest absolute Gasteiger partial charge is 0.491 e. The molecule has 0 saturated heterocycles. The summed E-state index contributed by atoms with van der Waals surface area (Å²) >= 11 is 0. The van der Waals surface area contributed by atoms with E-state index in [9.17, 15) is 8.78 Å². The standard InChI is InChI=1S/C20H22F2N2O/c1-3-4-5-6-15-7-9-16(10-8-15)13-23-24-14-17-11-18(21)20(25-2)19(22)12-17/h7-14H,3-6H2,1-2H3/b23-13+,24-14+. The average Bonchev–Trinajstić information content (AvgIpc) is 2.60. The Morgan fingerprint density at radius 2 is 1.52 bits per heavy atom. The first-order valence-electron chi connectivity index (χ1n) is 8.32. The number of ether oxygens (including phenoxy) is 1. The molecule has 2 aromatic carbocycles. The lowest BCUT2D eigenvalue weighted by molar-refractivity contribution is 0.360. The Bertz CT molecular complexity index is 717. The number of halogens is 2. The second kappa shape index (κ2) is 9.67. The van der Waals surface area contributed by atoms with Crippen LogP contribution in [0.4, 0.5) is 8.78 Å². The van der Waals surface area contributed by atoms with Gasteiger partial charge in [-0.25, -0.2) is 8.78 Å². The predicted molar refractivity (Wildman–Crippen MR) is 97.8 cm³/mol. The molecule has 0 N–H and O–H groups in total. The van der Waals surface area contributed by atoms with E-state index in [1.165, 1.54) is 38.2 Å². The molecular weight excluding hydrogens is 322 g/mol. The lowest BCUT2D eigenvalue weighted by atomic mass is 10.1. The van der Waals surface area contributed by atoms with Crippen LogP contribution < -0.4 is 4.74 Å². The minimum atomic E-state index is -0.772. The fourth-order valence-corrected chi connectivity index (χ4v) is 2.40. The molecule has 0 aliphatic rings. The monoisotopic (exact) mass is 344 g/mol. The molecule has 25 heavy (non-hydrogen) atoms. The van der Waals surface area contributed by atoms with Crippen molar-refractivity contribution in [1.82, 2.24) is 0 Å². The summed E-state index contributed by atoms with van der Waals surface area (Å²) in [5.41, 5.74) is 2.50. The molecule has 0 radical (unpaired) electrons. The molecule has 5 heteroatoms. The highest BCUT2D eigenvalue weighted by Crippen LogP contribution is 2.22. The molecule has 0 saturated carbocycles. The van der Waals surface area contributed by atoms with Crippen LogP contribution in [-0.4, -0.2) is 19.5 Å². The lowest BCUT2D eigenvalue weighted by Crippen LogP contribution is -1.95. The van der Waals surface area contributed by atoms with Gasteiger partial charge in [-0.3, -0.25) is 0 Å². The van der Waals surface area contributed by atoms with E-state index in [-0.39, 0.29) is 5.56 Å². The Morgan fingerprint density at radius 3 is 2.08 bits per heavy atom. The molecular formula is C20H22F2N2O. The number of methoxy groups -OCH3 is 1. The number of unbranched alkanes of at least 4 members (excludes halogenated alkanes) is 2. The van der Waals surface area contributed by atoms with E-state index < -0.39 is 17.4 Å². The maximum Gasteiger partial charge on any atom is 0.190 e. The van der Waals surface area contributed by atoms with Crippen LogP contribution in [0.1, 0.15) is 42.9 Å². The summed E-state index contributed by atoms with van der Waals surface area (Å²) in [6.45, 7) is 2.19. The van der Waals surface area contributed by atoms with Crippen molar-refractivity contribution < 1.29 is 13.5 Å². The van der Waals surface area contributed by atoms with Crippen molar-refractivity contribution in [1.29, 1.82) is 0 Å². The Balaban J connectivity index is 1.95. The number of hydrogen-bond acceptors (Lipinski definition) is 3. The van der Waals surface area contributed by atoms with Crippen molar-refractivity contribution in [2.45, 2.75) is 32.6 Å². The molecule has 2 rings (SSSR count). The summed E-state index contributed by atoms with van der Waals surface area (Å²) < 4.78 is 31.8. The molecule has 0 amide bonds. The number of nitrogens with zero attached hydrogens (tertiary/aromatic N) is 2. The van der Waals surface area contributed by atoms with Gasteiger partial charge in [0.25, 0.3) is 0 Å². The fraction of sp³-hybridized carbons (Fsp3) is 0.300. The number of aryl methyl sites for hydroxylation is 1. The van der Waals surface area contributed by atoms with Crippen molar-refractivity contribution in [3.63, 3.8) is 0 Å². The first kappa shape index (κ1) is 18.8. The van der Waals surface area contributed by atoms with E-state index in [0.29, 0.717) is 0 Å². The Labute approximate surface area is 147 Å². The third-order valence-electron chi connectivity index (χ3n) is 3.75. The molecule has 0 aliphatic carbocycles. The summed E-state index contributed by atoms with van der Waals surface area (Å²) in [7, 11) is 1.22. The van der Waals surface area contributed by atoms with Crippen LogP contribution in [0.3, 0.4) is 0 Å². The Morgan fingerprint density at radius 1 is 0.920 bits per heavy atom. The predicted octanol–water partition coefficient (Wildman–Crippen LogP) is 5.16. The molecule has 0 atom stereocenters. The molecule has 3 nitrogen and oxygen atoms in total. The van der Waals surface area contributed by atoms with Crippen LogP contribution in [0.15, 0.2) is 46.6 Å². The van der Waals surface area contributed by atoms with E-state index in [1.54, 1.807) is 6.21 Å². The van der Waals surface area contributed by atoms with Crippen LogP contribution in [0.25, 0.3) is 0 Å². The number of hydrogen-bond donors (Lipinski definition) is 0. The zero-order chi connectivity index (χ0) is 18.1. The molecule has 0 heterocycles. The third kappa shape index (κ3) is 5.78. The van der Waals surface area contributed by atoms with Gasteiger partial charge < -0.3 is 4.74 Å². The van der Waals surface area contributed by atoms with Gasteiger partial charge in [-0.2, -0.15) is 10.2 Å². The van der Waals surface area contributed by atoms with Crippen LogP contribution in [0.5, 0.6) is 5.75 Å². The molecule has 0 bridgehead atoms. The molecule has 2 aromatic rings. The highest BCUT2D eigenvalue weighted by Gasteiger charge is 2.10. The van der Waals surface area contributed by atoms with Gasteiger partial charge in [0, 0.05) is 5.56 Å². The van der Waals surface area contributed by atoms with Gasteiger partial charge >= 0.3 is 0 Å². The zero-order valence-corrected chi connectivity index (χ0v) is 14.5. The van der Waals surface area contributed by atoms with Crippen molar-refractivity contribution in [2.24, 2.45) is 10.2 Å². The normalized spacial score (nSPS) is 11.5. The summed E-state index contributed by atoms with van der Waals surface area (Å²) in [4.78, 5) is 0. The van der Waals surface area contributed by atoms with Gasteiger partial charge in [-0.05, 0) is 36.1 Å². The van der Waals surface area contributed by atoms with Gasteiger partial charge in [0.15, 0.2) is 17.4 Å². The minimum absolute atomic E-state index is 0.277. The van der Waals surface area contributed by atoms with Crippen LogP contribution in [0, 0.1) is 11.6 Å². The van der Waals surface area contributed by atoms with Gasteiger partial charge in [-0.1, -0.05) is 44.0 Å². The van der Waals surface area contributed by atoms with E-state index >= 15 is 0 Å². The van der Waals surface area contributed by atoms with Crippen molar-refractivity contribution >= 4 is 12.4 Å². The highest BCUT2D eigenvalue weighted by atomic mass is 19.1. The van der Waals surface area contributed by atoms with Crippen molar-refractivity contribution in [3.05, 3.63) is 64.7 Å². The number of benzene rings is 2. The minimum Gasteiger partial charge on any atom is -0.491 e. The molecule has 0 spiro atoms. The SMILES string of the molecule is CCCCCc1ccc(/C=N/N=C/c2cc(F)c(OC)c(F)c2)cc1. The molecule has 0 aliphatic heterocycles. The first-order chi connectivity index (χ1) is 12.1. The topological polar surface area (TPSA) is 34.0 Å². The van der Waals surface area contributed by atoms with Gasteiger partial charge in [0.1, 0.15) is 0 Å². The van der Waals surface area contributed by atoms with E-state index in [1.807, 2.05) is 12.1 Å². The van der Waals surface area contributed by atoms with E-state index in [0.717, 1.165) is 24.1 Å². The maximum absolute atomic E-state index is 13.6. The van der Waals surface area contributed by atoms with Crippen molar-refractivity contribution in [3.8, 4) is 5.75 Å². The summed E-state index contributed by atoms with van der Waals surface area (Å²) in [5, 5.41) is 7.74. The van der Waals surface area contributed by atoms with E-state index in [2.05, 4.69) is 34.0 Å². The quantitative estimate of drug-likeness (QED) is 0.370. The van der Waals surface area contributed by atoms with Crippen LogP contribution in [-0.2, 0) is 6.42 Å². The first-order valence-corrected chi connectivity index (χ1v) is 8.32. The average molecular weight is 344 g/mol. The third-order valence-corrected chi connectivity index (χ3v) is 3.75. The fourth-order valence-electron chi connectivity index (χ4n) is 2.40. The Kier molecular flexibility index (Phi) is 7.26. The Hall–Kier alpha value is -2.56. The summed E-state index contributed by atoms with van der Waals surface area (Å²) in [6.07, 6.45) is 7.63. The molecule has 0 aromatic heterocycles. The van der Waals surface area contributed by atoms with Gasteiger partial charge in [0.2, 0.25) is 0 Å². The lowest BCUT2D eigenvalue weighted by Gasteiger charge is -2.03. The second-order valence-electron chi connectivity index (χ2n) is 5.71. The summed E-state index contributed by atoms with van der Waals surface area (Å²) in [5.74, 6) is -1.95. The van der Waals surface area contributed by atoms with Crippen LogP contribution in [0.2, 0.25) is 0 Å². The van der Waals surface area contributed by atoms with Crippen LogP contribution >= 0.6 is 0 Å². The highest BCUT2D eigenvalue weighted by molar-refractivity contribution is 5.82. The summed E-state index contributed by atoms with van der Waals surface area (Å²) in [6, 6.07) is 10.4. The van der Waals surface area contributed by atoms with Gasteiger partial charge in [-0.15, -0.1) is 0 Å². The smallest absolute Gasteiger partial charge is 0.190 e. The van der Waals surface area contributed by atoms with Crippen molar-refractivity contribution in [2.75, 3.05) is 7.11 Å². The van der Waals surface area contributed by atoms with E-state index in [4.69, 9.17) is 0 Å².